The molecule has 0 amide bonds. The Morgan fingerprint density at radius 2 is 1.93 bits per heavy atom. The van der Waals surface area contributed by atoms with Crippen molar-refractivity contribution in [3.8, 4) is 0 Å². The Kier molecular flexibility index (Phi) is 3.17. The molecule has 0 spiro atoms. The van der Waals surface area contributed by atoms with Gasteiger partial charge < -0.3 is 0 Å². The van der Waals surface area contributed by atoms with Crippen molar-refractivity contribution in [1.82, 2.24) is 10.4 Å². The second-order valence-corrected chi connectivity index (χ2v) is 3.85. The summed E-state index contributed by atoms with van der Waals surface area (Å²) in [6.45, 7) is 5.53. The molecule has 1 saturated heterocycles. The second kappa shape index (κ2) is 4.58. The minimum absolute atomic E-state index is 1.03. The van der Waals surface area contributed by atoms with Crippen molar-refractivity contribution >= 4 is 0 Å². The molecule has 1 aromatic rings. The van der Waals surface area contributed by atoms with Gasteiger partial charge in [-0.3, -0.25) is 5.43 Å². The zero-order valence-corrected chi connectivity index (χ0v) is 8.79. The second-order valence-electron chi connectivity index (χ2n) is 3.85. The summed E-state index contributed by atoms with van der Waals surface area (Å²) >= 11 is 0. The Balaban J connectivity index is 1.95. The van der Waals surface area contributed by atoms with Crippen LogP contribution in [0.15, 0.2) is 24.3 Å². The fourth-order valence-electron chi connectivity index (χ4n) is 1.82. The number of hydrazine groups is 1. The Morgan fingerprint density at radius 3 is 2.50 bits per heavy atom. The molecule has 1 aliphatic rings. The Hall–Kier alpha value is -0.860. The summed E-state index contributed by atoms with van der Waals surface area (Å²) < 4.78 is 0. The average molecular weight is 190 g/mol. The van der Waals surface area contributed by atoms with Crippen LogP contribution in [0.5, 0.6) is 0 Å². The first-order valence-electron chi connectivity index (χ1n) is 5.45. The molecule has 0 atom stereocenters. The molecule has 1 aromatic carbocycles. The van der Waals surface area contributed by atoms with Gasteiger partial charge in [-0.2, -0.15) is 0 Å². The highest BCUT2D eigenvalue weighted by molar-refractivity contribution is 5.22. The maximum absolute atomic E-state index is 3.37. The van der Waals surface area contributed by atoms with E-state index < -0.39 is 0 Å². The summed E-state index contributed by atoms with van der Waals surface area (Å²) in [4.78, 5) is 0. The van der Waals surface area contributed by atoms with Crippen LogP contribution < -0.4 is 5.43 Å². The molecule has 1 aliphatic heterocycles. The predicted octanol–water partition coefficient (Wildman–Crippen LogP) is 1.96. The van der Waals surface area contributed by atoms with Gasteiger partial charge in [0.15, 0.2) is 0 Å². The summed E-state index contributed by atoms with van der Waals surface area (Å²) in [7, 11) is 0. The third-order valence-corrected chi connectivity index (χ3v) is 2.74. The lowest BCUT2D eigenvalue weighted by atomic mass is 10.1. The molecule has 2 nitrogen and oxygen atoms in total. The SMILES string of the molecule is CCc1ccc(CN2CCCN2)cc1. The number of rotatable bonds is 3. The highest BCUT2D eigenvalue weighted by atomic mass is 15.5. The van der Waals surface area contributed by atoms with Crippen LogP contribution in [-0.2, 0) is 13.0 Å². The van der Waals surface area contributed by atoms with Gasteiger partial charge in [-0.05, 0) is 24.0 Å². The molecule has 1 heterocycles. The Labute approximate surface area is 85.9 Å². The third-order valence-electron chi connectivity index (χ3n) is 2.74. The van der Waals surface area contributed by atoms with Gasteiger partial charge in [0.1, 0.15) is 0 Å². The molecule has 0 saturated carbocycles. The summed E-state index contributed by atoms with van der Waals surface area (Å²) in [5.41, 5.74) is 6.19. The molecule has 1 fully saturated rings. The maximum atomic E-state index is 3.37. The Bertz CT molecular complexity index is 273. The van der Waals surface area contributed by atoms with Crippen LogP contribution in [0.2, 0.25) is 0 Å². The molecule has 0 bridgehead atoms. The molecule has 2 heteroatoms. The number of hydrogen-bond acceptors (Lipinski definition) is 2. The van der Waals surface area contributed by atoms with E-state index in [2.05, 4.69) is 41.6 Å². The van der Waals surface area contributed by atoms with Gasteiger partial charge in [0, 0.05) is 19.6 Å². The molecule has 2 rings (SSSR count). The van der Waals surface area contributed by atoms with Crippen LogP contribution in [-0.4, -0.2) is 18.1 Å². The van der Waals surface area contributed by atoms with E-state index in [9.17, 15) is 0 Å². The van der Waals surface area contributed by atoms with Crippen molar-refractivity contribution in [2.45, 2.75) is 26.3 Å². The number of benzene rings is 1. The van der Waals surface area contributed by atoms with E-state index in [0.29, 0.717) is 0 Å². The van der Waals surface area contributed by atoms with Gasteiger partial charge in [0.2, 0.25) is 0 Å². The van der Waals surface area contributed by atoms with Crippen molar-refractivity contribution in [3.63, 3.8) is 0 Å². The monoisotopic (exact) mass is 190 g/mol. The van der Waals surface area contributed by atoms with Crippen molar-refractivity contribution in [3.05, 3.63) is 35.4 Å². The number of nitrogens with zero attached hydrogens (tertiary/aromatic N) is 1. The molecular weight excluding hydrogens is 172 g/mol. The zero-order chi connectivity index (χ0) is 9.80. The lowest BCUT2D eigenvalue weighted by Gasteiger charge is -2.15. The largest absolute Gasteiger partial charge is 0.255 e. The van der Waals surface area contributed by atoms with E-state index in [1.54, 1.807) is 0 Å². The van der Waals surface area contributed by atoms with Gasteiger partial charge in [-0.1, -0.05) is 31.2 Å². The molecule has 0 aromatic heterocycles. The molecule has 14 heavy (non-hydrogen) atoms. The minimum atomic E-state index is 1.03. The molecule has 1 N–H and O–H groups in total. The quantitative estimate of drug-likeness (QED) is 0.784. The van der Waals surface area contributed by atoms with E-state index in [0.717, 1.165) is 19.5 Å². The first-order chi connectivity index (χ1) is 6.88. The van der Waals surface area contributed by atoms with Crippen molar-refractivity contribution in [1.29, 1.82) is 0 Å². The van der Waals surface area contributed by atoms with Gasteiger partial charge in [-0.25, -0.2) is 5.01 Å². The first-order valence-corrected chi connectivity index (χ1v) is 5.45. The van der Waals surface area contributed by atoms with Crippen molar-refractivity contribution < 1.29 is 0 Å². The van der Waals surface area contributed by atoms with E-state index in [1.165, 1.54) is 24.1 Å². The fraction of sp³-hybridized carbons (Fsp3) is 0.500. The summed E-state index contributed by atoms with van der Waals surface area (Å²) in [5, 5.41) is 2.29. The third kappa shape index (κ3) is 2.34. The fourth-order valence-corrected chi connectivity index (χ4v) is 1.82. The van der Waals surface area contributed by atoms with Gasteiger partial charge in [-0.15, -0.1) is 0 Å². The molecule has 0 unspecified atom stereocenters. The highest BCUT2D eigenvalue weighted by Crippen LogP contribution is 2.08. The van der Waals surface area contributed by atoms with Crippen LogP contribution >= 0.6 is 0 Å². The smallest absolute Gasteiger partial charge is 0.0381 e. The van der Waals surface area contributed by atoms with Crippen LogP contribution in [0.4, 0.5) is 0 Å². The van der Waals surface area contributed by atoms with Crippen LogP contribution in [0, 0.1) is 0 Å². The summed E-state index contributed by atoms with van der Waals surface area (Å²) in [6.07, 6.45) is 2.40. The average Bonchev–Trinajstić information content (AvgIpc) is 2.72. The molecule has 0 aliphatic carbocycles. The van der Waals surface area contributed by atoms with Crippen LogP contribution in [0.3, 0.4) is 0 Å². The summed E-state index contributed by atoms with van der Waals surface area (Å²) in [6, 6.07) is 8.93. The lowest BCUT2D eigenvalue weighted by Crippen LogP contribution is -2.29. The van der Waals surface area contributed by atoms with E-state index in [1.807, 2.05) is 0 Å². The van der Waals surface area contributed by atoms with Crippen LogP contribution in [0.25, 0.3) is 0 Å². The van der Waals surface area contributed by atoms with Gasteiger partial charge in [0.05, 0.1) is 0 Å². The molecule has 76 valence electrons. The predicted molar refractivity (Wildman–Crippen MR) is 58.8 cm³/mol. The maximum Gasteiger partial charge on any atom is 0.0381 e. The van der Waals surface area contributed by atoms with Crippen molar-refractivity contribution in [2.75, 3.05) is 13.1 Å². The van der Waals surface area contributed by atoms with Gasteiger partial charge in [0.25, 0.3) is 0 Å². The number of aryl methyl sites for hydroxylation is 1. The molecular formula is C12H18N2. The zero-order valence-electron chi connectivity index (χ0n) is 8.79. The van der Waals surface area contributed by atoms with Gasteiger partial charge >= 0.3 is 0 Å². The highest BCUT2D eigenvalue weighted by Gasteiger charge is 2.10. The standard InChI is InChI=1S/C12H18N2/c1-2-11-4-6-12(7-5-11)10-14-9-3-8-13-14/h4-7,13H,2-3,8-10H2,1H3. The minimum Gasteiger partial charge on any atom is -0.255 e. The lowest BCUT2D eigenvalue weighted by molar-refractivity contribution is 0.244. The number of hydrogen-bond donors (Lipinski definition) is 1. The topological polar surface area (TPSA) is 15.3 Å². The van der Waals surface area contributed by atoms with E-state index in [4.69, 9.17) is 0 Å². The first kappa shape index (κ1) is 9.69. The Morgan fingerprint density at radius 1 is 1.21 bits per heavy atom. The normalized spacial score (nSPS) is 17.5. The van der Waals surface area contributed by atoms with E-state index in [-0.39, 0.29) is 0 Å². The number of nitrogens with one attached hydrogen (secondary N) is 1. The van der Waals surface area contributed by atoms with E-state index >= 15 is 0 Å². The molecule has 0 radical (unpaired) electrons. The van der Waals surface area contributed by atoms with Crippen molar-refractivity contribution in [2.24, 2.45) is 0 Å². The summed E-state index contributed by atoms with van der Waals surface area (Å²) in [5.74, 6) is 0. The van der Waals surface area contributed by atoms with Crippen LogP contribution in [0.1, 0.15) is 24.5 Å².